The molecule has 1 fully saturated rings. The van der Waals surface area contributed by atoms with E-state index >= 15 is 0 Å². The summed E-state index contributed by atoms with van der Waals surface area (Å²) < 4.78 is 9.09. The molecule has 7 heteroatoms. The Balaban J connectivity index is 2.85. The lowest BCUT2D eigenvalue weighted by Gasteiger charge is -2.43. The average Bonchev–Trinajstić information content (AvgIpc) is 2.10. The zero-order chi connectivity index (χ0) is 11.8. The van der Waals surface area contributed by atoms with E-state index in [0.717, 1.165) is 6.92 Å². The summed E-state index contributed by atoms with van der Waals surface area (Å²) >= 11 is 0. The molecule has 15 heavy (non-hydrogen) atoms. The maximum atomic E-state index is 10.6. The molecule has 0 radical (unpaired) electrons. The molecule has 5 atom stereocenters. The van der Waals surface area contributed by atoms with Crippen LogP contribution >= 0.6 is 0 Å². The predicted molar refractivity (Wildman–Crippen MR) is 45.3 cm³/mol. The van der Waals surface area contributed by atoms with Crippen molar-refractivity contribution in [3.05, 3.63) is 0 Å². The lowest BCUT2D eigenvalue weighted by molar-refractivity contribution is -0.429. The number of hydrogen-bond donors (Lipinski definition) is 4. The van der Waals surface area contributed by atoms with Crippen molar-refractivity contribution in [1.29, 1.82) is 0 Å². The Morgan fingerprint density at radius 1 is 1.33 bits per heavy atom. The smallest absolute Gasteiger partial charge is 0.357 e. The maximum absolute atomic E-state index is 10.6. The molecule has 1 heterocycles. The second-order valence-electron chi connectivity index (χ2n) is 3.47. The van der Waals surface area contributed by atoms with E-state index in [1.54, 1.807) is 0 Å². The monoisotopic (exact) mass is 222 g/mol. The van der Waals surface area contributed by atoms with E-state index in [1.807, 2.05) is 0 Å². The zero-order valence-corrected chi connectivity index (χ0v) is 8.32. The van der Waals surface area contributed by atoms with Crippen molar-refractivity contribution in [2.24, 2.45) is 0 Å². The highest BCUT2D eigenvalue weighted by Crippen LogP contribution is 2.28. The normalized spacial score (nSPS) is 46.3. The number of esters is 1. The van der Waals surface area contributed by atoms with Gasteiger partial charge in [0.15, 0.2) is 6.10 Å². The first kappa shape index (κ1) is 12.3. The molecule has 0 bridgehead atoms. The molecule has 0 amide bonds. The lowest BCUT2D eigenvalue weighted by atomic mass is 9.98. The van der Waals surface area contributed by atoms with Crippen molar-refractivity contribution in [3.8, 4) is 0 Å². The zero-order valence-electron chi connectivity index (χ0n) is 8.32. The van der Waals surface area contributed by atoms with E-state index in [4.69, 9.17) is 4.74 Å². The van der Waals surface area contributed by atoms with Gasteiger partial charge in [0.25, 0.3) is 0 Å². The van der Waals surface area contributed by atoms with Gasteiger partial charge in [0.1, 0.15) is 12.2 Å². The van der Waals surface area contributed by atoms with Crippen LogP contribution in [0.5, 0.6) is 0 Å². The highest BCUT2D eigenvalue weighted by atomic mass is 16.8. The molecule has 0 aromatic heterocycles. The minimum absolute atomic E-state index is 0.882. The number of hydrogen-bond acceptors (Lipinski definition) is 7. The van der Waals surface area contributed by atoms with Gasteiger partial charge in [-0.2, -0.15) is 0 Å². The quantitative estimate of drug-likeness (QED) is 0.291. The van der Waals surface area contributed by atoms with E-state index in [0.29, 0.717) is 0 Å². The van der Waals surface area contributed by atoms with Crippen LogP contribution in [-0.4, -0.2) is 56.8 Å². The molecule has 1 saturated heterocycles. The molecule has 0 saturated carbocycles. The van der Waals surface area contributed by atoms with Crippen molar-refractivity contribution in [3.63, 3.8) is 0 Å². The minimum atomic E-state index is -2.62. The van der Waals surface area contributed by atoms with E-state index in [9.17, 15) is 25.2 Å². The third-order valence-electron chi connectivity index (χ3n) is 2.17. The Bertz CT molecular complexity index is 255. The minimum Gasteiger partial charge on any atom is -0.406 e. The van der Waals surface area contributed by atoms with Crippen molar-refractivity contribution in [1.82, 2.24) is 0 Å². The van der Waals surface area contributed by atoms with E-state index in [-0.39, 0.29) is 0 Å². The molecule has 0 unspecified atom stereocenters. The Hall–Kier alpha value is -0.730. The molecule has 0 spiro atoms. The summed E-state index contributed by atoms with van der Waals surface area (Å²) in [7, 11) is 0. The molecule has 0 aliphatic carbocycles. The molecule has 1 aliphatic rings. The Morgan fingerprint density at radius 3 is 2.33 bits per heavy atom. The lowest BCUT2D eigenvalue weighted by Crippen LogP contribution is -2.65. The topological polar surface area (TPSA) is 116 Å². The van der Waals surface area contributed by atoms with Gasteiger partial charge < -0.3 is 29.9 Å². The third-order valence-corrected chi connectivity index (χ3v) is 2.17. The fourth-order valence-electron chi connectivity index (χ4n) is 1.38. The Morgan fingerprint density at radius 2 is 1.87 bits per heavy atom. The molecule has 1 rings (SSSR count). The summed E-state index contributed by atoms with van der Waals surface area (Å²) in [5.74, 6) is -3.50. The Labute approximate surface area is 85.9 Å². The molecule has 4 N–H and O–H groups in total. The van der Waals surface area contributed by atoms with Crippen LogP contribution in [0.1, 0.15) is 13.8 Å². The first-order chi connectivity index (χ1) is 6.78. The second kappa shape index (κ2) is 4.03. The third kappa shape index (κ3) is 2.27. The maximum Gasteiger partial charge on any atom is 0.357 e. The number of carbonyl (C=O) groups excluding carboxylic acids is 1. The van der Waals surface area contributed by atoms with Gasteiger partial charge in [0.05, 0.1) is 6.10 Å². The summed E-state index contributed by atoms with van der Waals surface area (Å²) in [6.45, 7) is 2.37. The summed E-state index contributed by atoms with van der Waals surface area (Å²) in [5.41, 5.74) is 0. The number of aliphatic hydroxyl groups excluding tert-OH is 3. The summed E-state index contributed by atoms with van der Waals surface area (Å²) in [5, 5.41) is 37.6. The van der Waals surface area contributed by atoms with Crippen LogP contribution in [0.4, 0.5) is 0 Å². The summed E-state index contributed by atoms with van der Waals surface area (Å²) in [6, 6.07) is 0. The highest BCUT2D eigenvalue weighted by Gasteiger charge is 2.54. The van der Waals surface area contributed by atoms with E-state index < -0.39 is 36.4 Å². The number of aliphatic hydroxyl groups is 4. The summed E-state index contributed by atoms with van der Waals surface area (Å²) in [4.78, 5) is 10.6. The van der Waals surface area contributed by atoms with Crippen LogP contribution in [0, 0.1) is 0 Å². The molecule has 1 aliphatic heterocycles. The standard InChI is InChI=1S/C8H14O7/c1-3-5(10)6(11)7(12)8(13,14-3)15-4(2)9/h3,5-7,10-13H,1-2H3/t3-,5-,6+,7-,8+/m1/s1. The second-order valence-corrected chi connectivity index (χ2v) is 3.47. The fraction of sp³-hybridized carbons (Fsp3) is 0.875. The first-order valence-electron chi connectivity index (χ1n) is 4.42. The summed E-state index contributed by atoms with van der Waals surface area (Å²) in [6.07, 6.45) is -5.92. The molecule has 0 aromatic rings. The van der Waals surface area contributed by atoms with E-state index in [2.05, 4.69) is 4.74 Å². The van der Waals surface area contributed by atoms with Crippen molar-refractivity contribution >= 4 is 5.97 Å². The first-order valence-corrected chi connectivity index (χ1v) is 4.42. The van der Waals surface area contributed by atoms with Crippen molar-refractivity contribution in [2.45, 2.75) is 44.2 Å². The SMILES string of the molecule is CC(=O)O[C@@]1(O)O[C@H](C)[C@@H](O)[C@H](O)[C@H]1O. The highest BCUT2D eigenvalue weighted by molar-refractivity contribution is 5.66. The van der Waals surface area contributed by atoms with Gasteiger partial charge in [-0.05, 0) is 6.92 Å². The average molecular weight is 222 g/mol. The molecule has 88 valence electrons. The van der Waals surface area contributed by atoms with Crippen LogP contribution in [0.2, 0.25) is 0 Å². The Kier molecular flexibility index (Phi) is 3.31. The van der Waals surface area contributed by atoms with Crippen molar-refractivity contribution < 1.29 is 34.7 Å². The van der Waals surface area contributed by atoms with Gasteiger partial charge in [0, 0.05) is 6.92 Å². The van der Waals surface area contributed by atoms with Gasteiger partial charge in [-0.25, -0.2) is 0 Å². The molecular weight excluding hydrogens is 208 g/mol. The van der Waals surface area contributed by atoms with Crippen molar-refractivity contribution in [2.75, 3.05) is 0 Å². The molecule has 0 aromatic carbocycles. The molecular formula is C8H14O7. The van der Waals surface area contributed by atoms with Gasteiger partial charge in [0.2, 0.25) is 0 Å². The molecule has 7 nitrogen and oxygen atoms in total. The van der Waals surface area contributed by atoms with E-state index in [1.165, 1.54) is 6.92 Å². The predicted octanol–water partition coefficient (Wildman–Crippen LogP) is -2.30. The van der Waals surface area contributed by atoms with Gasteiger partial charge in [-0.3, -0.25) is 4.79 Å². The van der Waals surface area contributed by atoms with Gasteiger partial charge in [-0.1, -0.05) is 0 Å². The van der Waals surface area contributed by atoms with Crippen LogP contribution in [-0.2, 0) is 14.3 Å². The largest absolute Gasteiger partial charge is 0.406 e. The van der Waals surface area contributed by atoms with Gasteiger partial charge in [-0.15, -0.1) is 0 Å². The van der Waals surface area contributed by atoms with Crippen LogP contribution in [0.25, 0.3) is 0 Å². The van der Waals surface area contributed by atoms with Crippen LogP contribution in [0.3, 0.4) is 0 Å². The fourth-order valence-corrected chi connectivity index (χ4v) is 1.38. The number of carbonyl (C=O) groups is 1. The number of ether oxygens (including phenoxy) is 2. The van der Waals surface area contributed by atoms with Crippen LogP contribution < -0.4 is 0 Å². The van der Waals surface area contributed by atoms with Crippen LogP contribution in [0.15, 0.2) is 0 Å². The van der Waals surface area contributed by atoms with Gasteiger partial charge >= 0.3 is 11.9 Å². The number of rotatable bonds is 1.